The molecule has 2 rings (SSSR count). The fourth-order valence-corrected chi connectivity index (χ4v) is 3.74. The molecule has 1 fully saturated rings. The van der Waals surface area contributed by atoms with Crippen LogP contribution in [0.1, 0.15) is 31.1 Å². The molecule has 0 radical (unpaired) electrons. The zero-order valence-electron chi connectivity index (χ0n) is 15.9. The first-order chi connectivity index (χ1) is 13.3. The van der Waals surface area contributed by atoms with Gasteiger partial charge in [-0.15, -0.1) is 11.8 Å². The van der Waals surface area contributed by atoms with Crippen molar-refractivity contribution in [1.29, 1.82) is 0 Å². The first-order valence-corrected chi connectivity index (χ1v) is 9.90. The van der Waals surface area contributed by atoms with Crippen molar-refractivity contribution in [2.75, 3.05) is 12.4 Å². The van der Waals surface area contributed by atoms with E-state index in [1.54, 1.807) is 30.3 Å². The highest BCUT2D eigenvalue weighted by atomic mass is 32.2. The quantitative estimate of drug-likeness (QED) is 0.527. The molecule has 1 aromatic rings. The van der Waals surface area contributed by atoms with Gasteiger partial charge >= 0.3 is 17.9 Å². The van der Waals surface area contributed by atoms with Gasteiger partial charge in [-0.2, -0.15) is 0 Å². The van der Waals surface area contributed by atoms with E-state index in [9.17, 15) is 19.5 Å². The van der Waals surface area contributed by atoms with Gasteiger partial charge in [0, 0.05) is 13.8 Å². The lowest BCUT2D eigenvalue weighted by Gasteiger charge is -2.42. The smallest absolute Gasteiger partial charge is 0.338 e. The molecule has 0 spiro atoms. The third-order valence-electron chi connectivity index (χ3n) is 3.94. The Bertz CT molecular complexity index is 680. The highest BCUT2D eigenvalue weighted by Gasteiger charge is 2.49. The number of benzene rings is 1. The molecule has 1 saturated heterocycles. The van der Waals surface area contributed by atoms with Crippen molar-refractivity contribution >= 4 is 29.7 Å². The van der Waals surface area contributed by atoms with E-state index in [1.807, 2.05) is 6.92 Å². The van der Waals surface area contributed by atoms with Crippen LogP contribution in [0.2, 0.25) is 0 Å². The van der Waals surface area contributed by atoms with Crippen LogP contribution in [0.3, 0.4) is 0 Å². The molecule has 28 heavy (non-hydrogen) atoms. The first-order valence-electron chi connectivity index (χ1n) is 8.85. The van der Waals surface area contributed by atoms with Crippen LogP contribution in [0.15, 0.2) is 30.3 Å². The Labute approximate surface area is 167 Å². The highest BCUT2D eigenvalue weighted by Crippen LogP contribution is 2.32. The molecule has 0 aliphatic carbocycles. The summed E-state index contributed by atoms with van der Waals surface area (Å²) >= 11 is 1.33. The second-order valence-corrected chi connectivity index (χ2v) is 7.48. The summed E-state index contributed by atoms with van der Waals surface area (Å²) in [7, 11) is 0. The fraction of sp³-hybridized carbons (Fsp3) is 0.526. The van der Waals surface area contributed by atoms with Crippen molar-refractivity contribution in [2.24, 2.45) is 0 Å². The number of aliphatic hydroxyl groups excluding tert-OH is 1. The third-order valence-corrected chi connectivity index (χ3v) is 4.98. The van der Waals surface area contributed by atoms with Crippen molar-refractivity contribution in [1.82, 2.24) is 0 Å². The average Bonchev–Trinajstić information content (AvgIpc) is 2.65. The van der Waals surface area contributed by atoms with E-state index in [0.717, 1.165) is 0 Å². The largest absolute Gasteiger partial charge is 0.459 e. The van der Waals surface area contributed by atoms with Crippen LogP contribution in [0.5, 0.6) is 0 Å². The van der Waals surface area contributed by atoms with Crippen molar-refractivity contribution < 1.29 is 38.4 Å². The Balaban J connectivity index is 2.14. The second-order valence-electron chi connectivity index (χ2n) is 6.10. The van der Waals surface area contributed by atoms with Crippen molar-refractivity contribution in [3.63, 3.8) is 0 Å². The SMILES string of the molecule is CCS[C@@H]1O[C@H](COC(=O)c2ccccc2)[C@@H](O)[C@H](OC(C)=O)[C@H]1OC(C)=O. The molecule has 0 unspecified atom stereocenters. The van der Waals surface area contributed by atoms with Crippen LogP contribution in [-0.4, -0.2) is 65.2 Å². The summed E-state index contributed by atoms with van der Waals surface area (Å²) in [6, 6.07) is 8.40. The molecule has 1 aliphatic heterocycles. The predicted octanol–water partition coefficient (Wildman–Crippen LogP) is 1.55. The van der Waals surface area contributed by atoms with E-state index in [2.05, 4.69) is 0 Å². The normalized spacial score (nSPS) is 26.9. The lowest BCUT2D eigenvalue weighted by Crippen LogP contribution is -2.60. The van der Waals surface area contributed by atoms with E-state index < -0.39 is 47.8 Å². The number of hydrogen-bond acceptors (Lipinski definition) is 9. The summed E-state index contributed by atoms with van der Waals surface area (Å²) in [6.45, 7) is 4.05. The van der Waals surface area contributed by atoms with Gasteiger partial charge in [0.1, 0.15) is 24.3 Å². The van der Waals surface area contributed by atoms with Crippen molar-refractivity contribution in [3.8, 4) is 0 Å². The van der Waals surface area contributed by atoms with Gasteiger partial charge in [-0.1, -0.05) is 25.1 Å². The van der Waals surface area contributed by atoms with Crippen molar-refractivity contribution in [2.45, 2.75) is 50.6 Å². The van der Waals surface area contributed by atoms with E-state index in [1.165, 1.54) is 25.6 Å². The zero-order chi connectivity index (χ0) is 20.7. The van der Waals surface area contributed by atoms with Gasteiger partial charge in [-0.25, -0.2) is 4.79 Å². The minimum atomic E-state index is -1.34. The summed E-state index contributed by atoms with van der Waals surface area (Å²) < 4.78 is 21.5. The topological polar surface area (TPSA) is 108 Å². The van der Waals surface area contributed by atoms with Gasteiger partial charge in [0.15, 0.2) is 12.2 Å². The summed E-state index contributed by atoms with van der Waals surface area (Å²) in [6.07, 6.45) is -4.42. The molecule has 1 aliphatic rings. The maximum atomic E-state index is 12.2. The number of carbonyl (C=O) groups excluding carboxylic acids is 3. The number of rotatable bonds is 7. The highest BCUT2D eigenvalue weighted by molar-refractivity contribution is 7.99. The van der Waals surface area contributed by atoms with E-state index in [0.29, 0.717) is 11.3 Å². The Hall–Kier alpha value is -2.10. The predicted molar refractivity (Wildman–Crippen MR) is 101 cm³/mol. The molecule has 0 saturated carbocycles. The minimum Gasteiger partial charge on any atom is -0.459 e. The fourth-order valence-electron chi connectivity index (χ4n) is 2.79. The zero-order valence-corrected chi connectivity index (χ0v) is 16.7. The Morgan fingerprint density at radius 2 is 1.68 bits per heavy atom. The van der Waals surface area contributed by atoms with Crippen molar-refractivity contribution in [3.05, 3.63) is 35.9 Å². The average molecular weight is 412 g/mol. The van der Waals surface area contributed by atoms with Crippen LogP contribution in [0.25, 0.3) is 0 Å². The molecule has 8 nitrogen and oxygen atoms in total. The minimum absolute atomic E-state index is 0.250. The van der Waals surface area contributed by atoms with Crippen LogP contribution in [-0.2, 0) is 28.5 Å². The number of esters is 3. The Morgan fingerprint density at radius 3 is 2.25 bits per heavy atom. The summed E-state index contributed by atoms with van der Waals surface area (Å²) in [5.74, 6) is -1.17. The Morgan fingerprint density at radius 1 is 1.07 bits per heavy atom. The molecular weight excluding hydrogens is 388 g/mol. The van der Waals surface area contributed by atoms with Gasteiger partial charge < -0.3 is 24.1 Å². The molecule has 154 valence electrons. The monoisotopic (exact) mass is 412 g/mol. The number of hydrogen-bond donors (Lipinski definition) is 1. The molecule has 5 atom stereocenters. The van der Waals surface area contributed by atoms with Gasteiger partial charge in [0.25, 0.3) is 0 Å². The standard InChI is InChI=1S/C19H24O8S/c1-4-28-19-17(26-12(3)21)16(25-11(2)20)15(22)14(27-19)10-24-18(23)13-8-6-5-7-9-13/h5-9,14-17,19,22H,4,10H2,1-3H3/t14-,15-,16+,17-,19+/m1/s1. The number of carbonyl (C=O) groups is 3. The number of thioether (sulfide) groups is 1. The molecule has 9 heteroatoms. The van der Waals surface area contributed by atoms with Crippen LogP contribution >= 0.6 is 11.8 Å². The van der Waals surface area contributed by atoms with E-state index in [4.69, 9.17) is 18.9 Å². The maximum Gasteiger partial charge on any atom is 0.338 e. The van der Waals surface area contributed by atoms with E-state index >= 15 is 0 Å². The molecular formula is C19H24O8S. The lowest BCUT2D eigenvalue weighted by atomic mass is 9.99. The number of aliphatic hydroxyl groups is 1. The van der Waals surface area contributed by atoms with Crippen LogP contribution < -0.4 is 0 Å². The van der Waals surface area contributed by atoms with E-state index in [-0.39, 0.29) is 6.61 Å². The van der Waals surface area contributed by atoms with Crippen LogP contribution in [0, 0.1) is 0 Å². The molecule has 0 amide bonds. The third kappa shape index (κ3) is 5.95. The van der Waals surface area contributed by atoms with Gasteiger partial charge in [-0.3, -0.25) is 9.59 Å². The van der Waals surface area contributed by atoms with Gasteiger partial charge in [-0.05, 0) is 17.9 Å². The molecule has 1 N–H and O–H groups in total. The molecule has 0 bridgehead atoms. The molecule has 0 aromatic heterocycles. The maximum absolute atomic E-state index is 12.2. The summed E-state index contributed by atoms with van der Waals surface area (Å²) in [4.78, 5) is 35.1. The molecule has 1 heterocycles. The Kier molecular flexibility index (Phi) is 8.28. The second kappa shape index (κ2) is 10.4. The number of ether oxygens (including phenoxy) is 4. The van der Waals surface area contributed by atoms with Gasteiger partial charge in [0.05, 0.1) is 5.56 Å². The summed E-state index contributed by atoms with van der Waals surface area (Å²) in [5.41, 5.74) is -0.330. The first kappa shape index (κ1) is 22.2. The lowest BCUT2D eigenvalue weighted by molar-refractivity contribution is -0.228. The molecule has 1 aromatic carbocycles. The summed E-state index contributed by atoms with van der Waals surface area (Å²) in [5, 5.41) is 10.6. The van der Waals surface area contributed by atoms with Gasteiger partial charge in [0.2, 0.25) is 0 Å². The van der Waals surface area contributed by atoms with Crippen LogP contribution in [0.4, 0.5) is 0 Å².